The minimum absolute atomic E-state index is 0.189. The number of sulfonamides is 1. The summed E-state index contributed by atoms with van der Waals surface area (Å²) in [5.41, 5.74) is 2.38. The zero-order valence-corrected chi connectivity index (χ0v) is 11.4. The largest absolute Gasteiger partial charge is 0.241 e. The minimum Gasteiger partial charge on any atom is -0.207 e. The summed E-state index contributed by atoms with van der Waals surface area (Å²) in [4.78, 5) is 0.286. The summed E-state index contributed by atoms with van der Waals surface area (Å²) >= 11 is 0. The molecular weight excluding hydrogens is 260 g/mol. The molecule has 100 valence electrons. The van der Waals surface area contributed by atoms with Gasteiger partial charge in [-0.1, -0.05) is 6.07 Å². The third-order valence-electron chi connectivity index (χ3n) is 3.89. The van der Waals surface area contributed by atoms with Crippen LogP contribution in [0.5, 0.6) is 0 Å². The van der Waals surface area contributed by atoms with E-state index in [1.807, 2.05) is 6.07 Å². The molecule has 1 unspecified atom stereocenters. The first-order valence-electron chi connectivity index (χ1n) is 6.64. The van der Waals surface area contributed by atoms with Crippen LogP contribution in [0, 0.1) is 17.2 Å². The van der Waals surface area contributed by atoms with E-state index in [0.717, 1.165) is 37.7 Å². The maximum atomic E-state index is 12.3. The van der Waals surface area contributed by atoms with Crippen molar-refractivity contribution in [3.8, 4) is 6.07 Å². The van der Waals surface area contributed by atoms with Gasteiger partial charge in [-0.05, 0) is 61.3 Å². The summed E-state index contributed by atoms with van der Waals surface area (Å²) in [6.45, 7) is 0. The molecular formula is C14H16N2O2S. The van der Waals surface area contributed by atoms with E-state index in [0.29, 0.717) is 0 Å². The fraction of sp³-hybridized carbons (Fsp3) is 0.500. The first-order valence-corrected chi connectivity index (χ1v) is 8.12. The maximum Gasteiger partial charge on any atom is 0.241 e. The third kappa shape index (κ3) is 2.51. The normalized spacial score (nSPS) is 19.7. The molecule has 4 nitrogen and oxygen atoms in total. The number of nitrogens with one attached hydrogen (secondary N) is 1. The molecule has 19 heavy (non-hydrogen) atoms. The second kappa shape index (κ2) is 4.62. The Morgan fingerprint density at radius 2 is 2.00 bits per heavy atom. The van der Waals surface area contributed by atoms with Gasteiger partial charge in [0.15, 0.2) is 0 Å². The molecule has 0 aromatic heterocycles. The van der Waals surface area contributed by atoms with Crippen LogP contribution in [-0.4, -0.2) is 14.5 Å². The monoisotopic (exact) mass is 276 g/mol. The lowest BCUT2D eigenvalue weighted by molar-refractivity contribution is 0.560. The molecule has 1 saturated carbocycles. The SMILES string of the molecule is N#CC(NS(=O)(=O)c1ccc2c(c1)CCC2)C1CC1. The van der Waals surface area contributed by atoms with Crippen molar-refractivity contribution in [1.82, 2.24) is 4.72 Å². The van der Waals surface area contributed by atoms with Crippen LogP contribution in [0.4, 0.5) is 0 Å². The molecule has 0 bridgehead atoms. The van der Waals surface area contributed by atoms with E-state index in [4.69, 9.17) is 5.26 Å². The molecule has 0 radical (unpaired) electrons. The van der Waals surface area contributed by atoms with Crippen LogP contribution >= 0.6 is 0 Å². The van der Waals surface area contributed by atoms with Crippen molar-refractivity contribution in [3.05, 3.63) is 29.3 Å². The highest BCUT2D eigenvalue weighted by Crippen LogP contribution is 2.33. The molecule has 0 amide bonds. The Bertz CT molecular complexity index is 642. The van der Waals surface area contributed by atoms with Gasteiger partial charge in [0.25, 0.3) is 0 Å². The van der Waals surface area contributed by atoms with Crippen LogP contribution in [0.25, 0.3) is 0 Å². The van der Waals surface area contributed by atoms with E-state index < -0.39 is 16.1 Å². The molecule has 0 aliphatic heterocycles. The summed E-state index contributed by atoms with van der Waals surface area (Å²) in [5.74, 6) is 0.189. The van der Waals surface area contributed by atoms with Crippen LogP contribution in [0.3, 0.4) is 0 Å². The number of aryl methyl sites for hydroxylation is 2. The van der Waals surface area contributed by atoms with E-state index in [9.17, 15) is 8.42 Å². The third-order valence-corrected chi connectivity index (χ3v) is 5.33. The van der Waals surface area contributed by atoms with Gasteiger partial charge >= 0.3 is 0 Å². The minimum atomic E-state index is -3.57. The lowest BCUT2D eigenvalue weighted by Gasteiger charge is -2.12. The van der Waals surface area contributed by atoms with Crippen molar-refractivity contribution in [2.75, 3.05) is 0 Å². The fourth-order valence-corrected chi connectivity index (χ4v) is 3.87. The highest BCUT2D eigenvalue weighted by molar-refractivity contribution is 7.89. The zero-order chi connectivity index (χ0) is 13.5. The van der Waals surface area contributed by atoms with E-state index in [1.165, 1.54) is 5.56 Å². The molecule has 2 aliphatic rings. The van der Waals surface area contributed by atoms with E-state index in [2.05, 4.69) is 10.8 Å². The van der Waals surface area contributed by atoms with Crippen LogP contribution in [-0.2, 0) is 22.9 Å². The van der Waals surface area contributed by atoms with Gasteiger partial charge in [-0.25, -0.2) is 8.42 Å². The first-order chi connectivity index (χ1) is 9.10. The van der Waals surface area contributed by atoms with E-state index in [-0.39, 0.29) is 10.8 Å². The van der Waals surface area contributed by atoms with Gasteiger partial charge in [0, 0.05) is 0 Å². The molecule has 0 spiro atoms. The summed E-state index contributed by atoms with van der Waals surface area (Å²) in [5, 5.41) is 9.02. The highest BCUT2D eigenvalue weighted by Gasteiger charge is 2.34. The number of nitriles is 1. The quantitative estimate of drug-likeness (QED) is 0.911. The van der Waals surface area contributed by atoms with Crippen LogP contribution in [0.2, 0.25) is 0 Å². The smallest absolute Gasteiger partial charge is 0.207 e. The molecule has 1 N–H and O–H groups in total. The van der Waals surface area contributed by atoms with Gasteiger partial charge in [-0.15, -0.1) is 0 Å². The maximum absolute atomic E-state index is 12.3. The number of nitrogens with zero attached hydrogens (tertiary/aromatic N) is 1. The molecule has 1 aromatic rings. The van der Waals surface area contributed by atoms with Crippen molar-refractivity contribution < 1.29 is 8.42 Å². The Hall–Kier alpha value is -1.38. The van der Waals surface area contributed by atoms with Crippen molar-refractivity contribution in [2.45, 2.75) is 43.0 Å². The Balaban J connectivity index is 1.85. The Kier molecular flexibility index (Phi) is 3.08. The average molecular weight is 276 g/mol. The van der Waals surface area contributed by atoms with Crippen LogP contribution < -0.4 is 4.72 Å². The molecule has 2 aliphatic carbocycles. The number of hydrogen-bond acceptors (Lipinski definition) is 3. The van der Waals surface area contributed by atoms with Crippen LogP contribution in [0.1, 0.15) is 30.4 Å². The van der Waals surface area contributed by atoms with Gasteiger partial charge in [0.2, 0.25) is 10.0 Å². The Labute approximate surface area is 113 Å². The molecule has 1 atom stereocenters. The predicted molar refractivity (Wildman–Crippen MR) is 70.9 cm³/mol. The molecule has 1 aromatic carbocycles. The lowest BCUT2D eigenvalue weighted by Crippen LogP contribution is -2.35. The number of rotatable bonds is 4. The number of benzene rings is 1. The molecule has 3 rings (SSSR count). The topological polar surface area (TPSA) is 70.0 Å². The van der Waals surface area contributed by atoms with Crippen molar-refractivity contribution >= 4 is 10.0 Å². The van der Waals surface area contributed by atoms with E-state index in [1.54, 1.807) is 12.1 Å². The predicted octanol–water partition coefficient (Wildman–Crippen LogP) is 1.76. The van der Waals surface area contributed by atoms with Crippen LogP contribution in [0.15, 0.2) is 23.1 Å². The standard InChI is InChI=1S/C14H16N2O2S/c15-9-14(11-4-5-11)16-19(17,18)13-7-6-10-2-1-3-12(10)8-13/h6-8,11,14,16H,1-5H2. The molecule has 0 saturated heterocycles. The first kappa shape index (κ1) is 12.6. The summed E-state index contributed by atoms with van der Waals surface area (Å²) < 4.78 is 27.1. The van der Waals surface area contributed by atoms with Gasteiger partial charge in [0.1, 0.15) is 6.04 Å². The highest BCUT2D eigenvalue weighted by atomic mass is 32.2. The van der Waals surface area contributed by atoms with Gasteiger partial charge in [-0.2, -0.15) is 9.98 Å². The van der Waals surface area contributed by atoms with Crippen molar-refractivity contribution in [2.24, 2.45) is 5.92 Å². The van der Waals surface area contributed by atoms with E-state index >= 15 is 0 Å². The fourth-order valence-electron chi connectivity index (χ4n) is 2.61. The Morgan fingerprint density at radius 1 is 1.26 bits per heavy atom. The molecule has 0 heterocycles. The molecule has 1 fully saturated rings. The summed E-state index contributed by atoms with van der Waals surface area (Å²) in [6.07, 6.45) is 4.94. The number of fused-ring (bicyclic) bond motifs is 1. The van der Waals surface area contributed by atoms with Gasteiger partial charge in [0.05, 0.1) is 11.0 Å². The number of hydrogen-bond donors (Lipinski definition) is 1. The average Bonchev–Trinajstić information content (AvgIpc) is 3.13. The second-order valence-corrected chi connectivity index (χ2v) is 7.06. The van der Waals surface area contributed by atoms with Crippen molar-refractivity contribution in [1.29, 1.82) is 5.26 Å². The lowest BCUT2D eigenvalue weighted by atomic mass is 10.1. The Morgan fingerprint density at radius 3 is 2.68 bits per heavy atom. The van der Waals surface area contributed by atoms with Gasteiger partial charge < -0.3 is 0 Å². The second-order valence-electron chi connectivity index (χ2n) is 5.35. The summed E-state index contributed by atoms with van der Waals surface area (Å²) in [6, 6.07) is 6.77. The zero-order valence-electron chi connectivity index (χ0n) is 10.6. The summed E-state index contributed by atoms with van der Waals surface area (Å²) in [7, 11) is -3.57. The van der Waals surface area contributed by atoms with Crippen molar-refractivity contribution in [3.63, 3.8) is 0 Å². The molecule has 5 heteroatoms. The van der Waals surface area contributed by atoms with Gasteiger partial charge in [-0.3, -0.25) is 0 Å².